The van der Waals surface area contributed by atoms with Gasteiger partial charge >= 0.3 is 0 Å². The first-order chi connectivity index (χ1) is 12.1. The van der Waals surface area contributed by atoms with Crippen molar-refractivity contribution in [3.05, 3.63) is 30.0 Å². The average Bonchev–Trinajstić information content (AvgIpc) is 3.00. The standard InChI is InChI=1S/C18H19N3O4/c22-16(14-15(9-1-2-9)25-8-20-14)19-5-6-21-17(23)12-10-3-4-11(7-10)13(12)18(21)24/h3-4,8-13H,1-2,5-7H2,(H,19,22). The Bertz CT molecular complexity index is 764. The highest BCUT2D eigenvalue weighted by atomic mass is 16.3. The van der Waals surface area contributed by atoms with Gasteiger partial charge in [-0.1, -0.05) is 12.2 Å². The number of likely N-dealkylation sites (tertiary alicyclic amines) is 1. The van der Waals surface area contributed by atoms with Gasteiger partial charge in [-0.05, 0) is 31.1 Å². The van der Waals surface area contributed by atoms with Crippen molar-refractivity contribution in [3.63, 3.8) is 0 Å². The summed E-state index contributed by atoms with van der Waals surface area (Å²) in [7, 11) is 0. The summed E-state index contributed by atoms with van der Waals surface area (Å²) in [6.45, 7) is 0.446. The number of hydrogen-bond donors (Lipinski definition) is 1. The van der Waals surface area contributed by atoms with Crippen molar-refractivity contribution in [2.45, 2.75) is 25.2 Å². The molecule has 130 valence electrons. The van der Waals surface area contributed by atoms with Gasteiger partial charge in [0.15, 0.2) is 12.1 Å². The maximum absolute atomic E-state index is 12.6. The van der Waals surface area contributed by atoms with Gasteiger partial charge in [0.05, 0.1) is 11.8 Å². The molecule has 2 bridgehead atoms. The van der Waals surface area contributed by atoms with Gasteiger partial charge in [-0.15, -0.1) is 0 Å². The van der Waals surface area contributed by atoms with Crippen LogP contribution in [0.3, 0.4) is 0 Å². The Kier molecular flexibility index (Phi) is 3.14. The summed E-state index contributed by atoms with van der Waals surface area (Å²) in [5.74, 6) is 0.518. The van der Waals surface area contributed by atoms with E-state index in [-0.39, 0.29) is 54.5 Å². The number of oxazole rings is 1. The van der Waals surface area contributed by atoms with Gasteiger partial charge < -0.3 is 9.73 Å². The van der Waals surface area contributed by atoms with Crippen LogP contribution in [0, 0.1) is 23.7 Å². The molecule has 2 saturated carbocycles. The van der Waals surface area contributed by atoms with Crippen molar-refractivity contribution in [3.8, 4) is 0 Å². The second kappa shape index (κ2) is 5.28. The smallest absolute Gasteiger partial charge is 0.273 e. The Labute approximate surface area is 144 Å². The molecule has 7 nitrogen and oxygen atoms in total. The Morgan fingerprint density at radius 1 is 1.20 bits per heavy atom. The molecular weight excluding hydrogens is 322 g/mol. The summed E-state index contributed by atoms with van der Waals surface area (Å²) in [6, 6.07) is 0. The molecule has 1 aromatic heterocycles. The van der Waals surface area contributed by atoms with Gasteiger partial charge in [-0.2, -0.15) is 0 Å². The van der Waals surface area contributed by atoms with Crippen LogP contribution in [-0.2, 0) is 9.59 Å². The molecule has 3 fully saturated rings. The molecule has 1 aliphatic heterocycles. The Morgan fingerprint density at radius 3 is 2.52 bits per heavy atom. The van der Waals surface area contributed by atoms with Gasteiger partial charge in [0.1, 0.15) is 5.76 Å². The third kappa shape index (κ3) is 2.18. The molecule has 4 atom stereocenters. The van der Waals surface area contributed by atoms with Crippen LogP contribution in [0.15, 0.2) is 23.0 Å². The molecule has 1 aromatic rings. The van der Waals surface area contributed by atoms with Crippen LogP contribution in [-0.4, -0.2) is 40.7 Å². The predicted octanol–water partition coefficient (Wildman–Crippen LogP) is 1.09. The van der Waals surface area contributed by atoms with E-state index in [0.717, 1.165) is 19.3 Å². The molecule has 1 N–H and O–H groups in total. The predicted molar refractivity (Wildman–Crippen MR) is 85.2 cm³/mol. The van der Waals surface area contributed by atoms with E-state index in [9.17, 15) is 14.4 Å². The number of rotatable bonds is 5. The molecule has 2 heterocycles. The summed E-state index contributed by atoms with van der Waals surface area (Å²) >= 11 is 0. The third-order valence-electron chi connectivity index (χ3n) is 5.94. The highest BCUT2D eigenvalue weighted by Gasteiger charge is 2.58. The zero-order valence-corrected chi connectivity index (χ0v) is 13.7. The van der Waals surface area contributed by atoms with E-state index in [2.05, 4.69) is 22.5 Å². The Hall–Kier alpha value is -2.44. The lowest BCUT2D eigenvalue weighted by molar-refractivity contribution is -0.140. The molecule has 0 radical (unpaired) electrons. The van der Waals surface area contributed by atoms with Crippen LogP contribution in [0.1, 0.15) is 41.4 Å². The summed E-state index contributed by atoms with van der Waals surface area (Å²) in [5, 5.41) is 2.76. The van der Waals surface area contributed by atoms with E-state index >= 15 is 0 Å². The minimum absolute atomic E-state index is 0.0822. The van der Waals surface area contributed by atoms with Crippen molar-refractivity contribution in [1.82, 2.24) is 15.2 Å². The normalized spacial score (nSPS) is 32.6. The number of amides is 3. The number of carbonyl (C=O) groups is 3. The van der Waals surface area contributed by atoms with E-state index in [0.29, 0.717) is 17.4 Å². The van der Waals surface area contributed by atoms with Crippen molar-refractivity contribution < 1.29 is 18.8 Å². The number of allylic oxidation sites excluding steroid dienone is 2. The minimum Gasteiger partial charge on any atom is -0.447 e. The van der Waals surface area contributed by atoms with Crippen LogP contribution >= 0.6 is 0 Å². The lowest BCUT2D eigenvalue weighted by Gasteiger charge is -2.17. The van der Waals surface area contributed by atoms with Crippen molar-refractivity contribution in [2.75, 3.05) is 13.1 Å². The topological polar surface area (TPSA) is 92.5 Å². The molecular formula is C18H19N3O4. The van der Waals surface area contributed by atoms with Crippen molar-refractivity contribution in [2.24, 2.45) is 23.7 Å². The van der Waals surface area contributed by atoms with E-state index in [1.807, 2.05) is 0 Å². The van der Waals surface area contributed by atoms with Crippen LogP contribution in [0.4, 0.5) is 0 Å². The van der Waals surface area contributed by atoms with Crippen LogP contribution in [0.2, 0.25) is 0 Å². The molecule has 5 rings (SSSR count). The largest absolute Gasteiger partial charge is 0.447 e. The monoisotopic (exact) mass is 341 g/mol. The quantitative estimate of drug-likeness (QED) is 0.639. The Morgan fingerprint density at radius 2 is 1.88 bits per heavy atom. The van der Waals surface area contributed by atoms with Gasteiger partial charge in [0.2, 0.25) is 11.8 Å². The average molecular weight is 341 g/mol. The second-order valence-electron chi connectivity index (χ2n) is 7.42. The maximum Gasteiger partial charge on any atom is 0.273 e. The van der Waals surface area contributed by atoms with E-state index in [4.69, 9.17) is 4.42 Å². The molecule has 4 aliphatic rings. The van der Waals surface area contributed by atoms with E-state index < -0.39 is 0 Å². The van der Waals surface area contributed by atoms with Crippen LogP contribution in [0.5, 0.6) is 0 Å². The molecule has 4 unspecified atom stereocenters. The maximum atomic E-state index is 12.6. The molecule has 7 heteroatoms. The van der Waals surface area contributed by atoms with Gasteiger partial charge in [0, 0.05) is 19.0 Å². The molecule has 3 aliphatic carbocycles. The fourth-order valence-electron chi connectivity index (χ4n) is 4.61. The Balaban J connectivity index is 1.21. The zero-order chi connectivity index (χ0) is 17.1. The molecule has 1 saturated heterocycles. The highest BCUT2D eigenvalue weighted by molar-refractivity contribution is 6.06. The minimum atomic E-state index is -0.309. The number of hydrogen-bond acceptors (Lipinski definition) is 5. The summed E-state index contributed by atoms with van der Waals surface area (Å²) in [6.07, 6.45) is 8.41. The second-order valence-corrected chi connectivity index (χ2v) is 7.42. The number of aromatic nitrogens is 1. The number of nitrogens with zero attached hydrogens (tertiary/aromatic N) is 2. The number of imide groups is 1. The number of carbonyl (C=O) groups excluding carboxylic acids is 3. The molecule has 25 heavy (non-hydrogen) atoms. The summed E-state index contributed by atoms with van der Waals surface area (Å²) in [5.41, 5.74) is 0.320. The fourth-order valence-corrected chi connectivity index (χ4v) is 4.61. The lowest BCUT2D eigenvalue weighted by Crippen LogP contribution is -2.40. The first kappa shape index (κ1) is 14.9. The zero-order valence-electron chi connectivity index (χ0n) is 13.7. The van der Waals surface area contributed by atoms with E-state index in [1.54, 1.807) is 0 Å². The molecule has 0 aromatic carbocycles. The third-order valence-corrected chi connectivity index (χ3v) is 5.94. The van der Waals surface area contributed by atoms with Crippen LogP contribution in [0.25, 0.3) is 0 Å². The van der Waals surface area contributed by atoms with Gasteiger partial charge in [0.25, 0.3) is 5.91 Å². The summed E-state index contributed by atoms with van der Waals surface area (Å²) < 4.78 is 5.31. The first-order valence-electron chi connectivity index (χ1n) is 8.90. The first-order valence-corrected chi connectivity index (χ1v) is 8.90. The van der Waals surface area contributed by atoms with Crippen molar-refractivity contribution in [1.29, 1.82) is 0 Å². The van der Waals surface area contributed by atoms with Gasteiger partial charge in [-0.3, -0.25) is 19.3 Å². The summed E-state index contributed by atoms with van der Waals surface area (Å²) in [4.78, 5) is 42.7. The van der Waals surface area contributed by atoms with E-state index in [1.165, 1.54) is 11.3 Å². The number of nitrogens with one attached hydrogen (secondary N) is 1. The van der Waals surface area contributed by atoms with Crippen LogP contribution < -0.4 is 5.32 Å². The fraction of sp³-hybridized carbons (Fsp3) is 0.556. The molecule has 0 spiro atoms. The van der Waals surface area contributed by atoms with Gasteiger partial charge in [-0.25, -0.2) is 4.98 Å². The number of fused-ring (bicyclic) bond motifs is 5. The van der Waals surface area contributed by atoms with Crippen molar-refractivity contribution >= 4 is 17.7 Å². The lowest BCUT2D eigenvalue weighted by atomic mass is 9.85. The highest BCUT2D eigenvalue weighted by Crippen LogP contribution is 2.52. The molecule has 3 amide bonds. The SMILES string of the molecule is O=C(NCCN1C(=O)C2C3C=CC(C3)C2C1=O)c1ncoc1C1CC1.